The molecule has 0 aromatic heterocycles. The van der Waals surface area contributed by atoms with Crippen LogP contribution < -0.4 is 0 Å². The van der Waals surface area contributed by atoms with E-state index in [2.05, 4.69) is 0 Å². The van der Waals surface area contributed by atoms with Crippen LogP contribution in [0.1, 0.15) is 59.4 Å². The van der Waals surface area contributed by atoms with E-state index in [1.807, 2.05) is 64.1 Å². The quantitative estimate of drug-likeness (QED) is 0.345. The van der Waals surface area contributed by atoms with Crippen molar-refractivity contribution in [3.8, 4) is 0 Å². The Morgan fingerprint density at radius 2 is 1.71 bits per heavy atom. The number of aliphatic hydroxyl groups is 3. The molecule has 3 N–H and O–H groups in total. The molecule has 1 aromatic carbocycles. The van der Waals surface area contributed by atoms with Crippen LogP contribution in [0.3, 0.4) is 0 Å². The van der Waals surface area contributed by atoms with Crippen LogP contribution in [0.4, 0.5) is 0 Å². The highest BCUT2D eigenvalue weighted by Crippen LogP contribution is 2.63. The van der Waals surface area contributed by atoms with Gasteiger partial charge < -0.3 is 20.1 Å². The molecule has 3 aliphatic carbocycles. The van der Waals surface area contributed by atoms with Gasteiger partial charge in [-0.3, -0.25) is 4.79 Å². The van der Waals surface area contributed by atoms with Gasteiger partial charge in [0.05, 0.1) is 29.6 Å². The van der Waals surface area contributed by atoms with Crippen LogP contribution in [0.2, 0.25) is 0 Å². The third-order valence-corrected chi connectivity index (χ3v) is 9.29. The number of fused-ring (bicyclic) bond motifs is 2. The Kier molecular flexibility index (Phi) is 6.40. The van der Waals surface area contributed by atoms with Crippen LogP contribution in [0.25, 0.3) is 6.08 Å². The molecular formula is C29H38O6. The van der Waals surface area contributed by atoms with Crippen LogP contribution in [0.15, 0.2) is 48.6 Å². The molecule has 0 radical (unpaired) electrons. The summed E-state index contributed by atoms with van der Waals surface area (Å²) in [5, 5.41) is 33.7. The third-order valence-electron chi connectivity index (χ3n) is 9.29. The first-order valence-electron chi connectivity index (χ1n) is 12.5. The zero-order chi connectivity index (χ0) is 25.8. The average molecular weight is 483 g/mol. The fraction of sp³-hybridized carbons (Fsp3) is 0.586. The Hall–Kier alpha value is -2.28. The summed E-state index contributed by atoms with van der Waals surface area (Å²) in [6.45, 7) is 9.29. The number of allylic oxidation sites excluding steroid dienone is 1. The number of hydrogen-bond donors (Lipinski definition) is 3. The fourth-order valence-corrected chi connectivity index (χ4v) is 6.53. The summed E-state index contributed by atoms with van der Waals surface area (Å²) in [5.41, 5.74) is -3.50. The van der Waals surface area contributed by atoms with Crippen LogP contribution in [0, 0.1) is 28.1 Å². The van der Waals surface area contributed by atoms with E-state index in [1.54, 1.807) is 19.1 Å². The molecule has 6 heteroatoms. The minimum atomic E-state index is -1.64. The highest BCUT2D eigenvalue weighted by molar-refractivity contribution is 5.99. The SMILES string of the molecule is C[C@H]1C[C@]2(OC(=O)C=Cc3ccccc3)C(=O)[C@]3(C)C=CC(C)(C)[C@H](O)CC[C@@]3(C)[C@H](O)[C@H]2[C@@H]1O. The van der Waals surface area contributed by atoms with E-state index in [0.29, 0.717) is 12.8 Å². The van der Waals surface area contributed by atoms with Crippen molar-refractivity contribution < 1.29 is 29.6 Å². The van der Waals surface area contributed by atoms with Crippen LogP contribution in [-0.2, 0) is 14.3 Å². The topological polar surface area (TPSA) is 104 Å². The van der Waals surface area contributed by atoms with E-state index < -0.39 is 52.0 Å². The molecule has 2 saturated carbocycles. The number of esters is 1. The number of Topliss-reactive ketones (excluding diaryl/α,β-unsaturated/α-hetero) is 1. The van der Waals surface area contributed by atoms with E-state index in [9.17, 15) is 24.9 Å². The number of ketones is 1. The van der Waals surface area contributed by atoms with Crippen LogP contribution in [0.5, 0.6) is 0 Å². The number of rotatable bonds is 3. The molecule has 3 aliphatic rings. The predicted octanol–water partition coefficient (Wildman–Crippen LogP) is 3.69. The second-order valence-electron chi connectivity index (χ2n) is 11.9. The van der Waals surface area contributed by atoms with E-state index >= 15 is 0 Å². The summed E-state index contributed by atoms with van der Waals surface area (Å²) in [7, 11) is 0. The van der Waals surface area contributed by atoms with Crippen molar-refractivity contribution in [1.82, 2.24) is 0 Å². The van der Waals surface area contributed by atoms with E-state index in [0.717, 1.165) is 5.56 Å². The maximum Gasteiger partial charge on any atom is 0.331 e. The van der Waals surface area contributed by atoms with Gasteiger partial charge in [0.2, 0.25) is 0 Å². The first kappa shape index (κ1) is 25.8. The molecule has 1 aromatic rings. The summed E-state index contributed by atoms with van der Waals surface area (Å²) in [5.74, 6) is -2.27. The molecule has 35 heavy (non-hydrogen) atoms. The van der Waals surface area contributed by atoms with Gasteiger partial charge in [-0.15, -0.1) is 0 Å². The lowest BCUT2D eigenvalue weighted by atomic mass is 9.47. The first-order chi connectivity index (χ1) is 16.3. The first-order valence-corrected chi connectivity index (χ1v) is 12.5. The number of carbonyl (C=O) groups excluding carboxylic acids is 2. The standard InChI is InChI=1S/C29H38O6/c1-18-17-29(35-21(31)12-11-19-9-7-6-8-10-19)22(23(18)32)24(33)27(4)14-13-20(30)26(2,3)15-16-28(27,5)25(29)34/h6-12,15-16,18,20,22-24,30,32-33H,13-14,17H2,1-5H3/t18-,20+,22+,23+,24+,27-,28-,29+/m0/s1. The Morgan fingerprint density at radius 1 is 1.06 bits per heavy atom. The highest BCUT2D eigenvalue weighted by atomic mass is 16.6. The number of benzene rings is 1. The largest absolute Gasteiger partial charge is 0.447 e. The van der Waals surface area contributed by atoms with Crippen molar-refractivity contribution in [3.05, 3.63) is 54.1 Å². The summed E-state index contributed by atoms with van der Waals surface area (Å²) in [4.78, 5) is 27.5. The Balaban J connectivity index is 1.78. The van der Waals surface area contributed by atoms with Gasteiger partial charge in [-0.1, -0.05) is 70.2 Å². The van der Waals surface area contributed by atoms with E-state index in [1.165, 1.54) is 6.08 Å². The van der Waals surface area contributed by atoms with Gasteiger partial charge in [0, 0.05) is 23.3 Å². The number of carbonyl (C=O) groups is 2. The molecule has 0 amide bonds. The number of ether oxygens (including phenoxy) is 1. The summed E-state index contributed by atoms with van der Waals surface area (Å²) < 4.78 is 5.97. The third kappa shape index (κ3) is 3.90. The molecule has 190 valence electrons. The Morgan fingerprint density at radius 3 is 2.37 bits per heavy atom. The minimum Gasteiger partial charge on any atom is -0.447 e. The second-order valence-corrected chi connectivity index (χ2v) is 11.9. The van der Waals surface area contributed by atoms with Gasteiger partial charge in [-0.05, 0) is 37.3 Å². The van der Waals surface area contributed by atoms with Crippen molar-refractivity contribution in [1.29, 1.82) is 0 Å². The molecule has 0 spiro atoms. The lowest BCUT2D eigenvalue weighted by Gasteiger charge is -2.59. The van der Waals surface area contributed by atoms with Gasteiger partial charge in [0.25, 0.3) is 0 Å². The van der Waals surface area contributed by atoms with Crippen molar-refractivity contribution in [2.45, 2.75) is 77.8 Å². The van der Waals surface area contributed by atoms with Crippen LogP contribution >= 0.6 is 0 Å². The molecule has 2 fully saturated rings. The molecule has 0 heterocycles. The lowest BCUT2D eigenvalue weighted by molar-refractivity contribution is -0.216. The van der Waals surface area contributed by atoms with Gasteiger partial charge in [0.1, 0.15) is 0 Å². The smallest absolute Gasteiger partial charge is 0.331 e. The van der Waals surface area contributed by atoms with Gasteiger partial charge in [-0.25, -0.2) is 4.79 Å². The summed E-state index contributed by atoms with van der Waals surface area (Å²) in [6.07, 6.45) is 4.73. The maximum atomic E-state index is 14.5. The number of hydrogen-bond acceptors (Lipinski definition) is 6. The normalized spacial score (nSPS) is 42.7. The highest BCUT2D eigenvalue weighted by Gasteiger charge is 2.74. The summed E-state index contributed by atoms with van der Waals surface area (Å²) in [6, 6.07) is 9.30. The molecule has 0 unspecified atom stereocenters. The zero-order valence-electron chi connectivity index (χ0n) is 21.3. The van der Waals surface area contributed by atoms with Crippen molar-refractivity contribution in [2.75, 3.05) is 0 Å². The van der Waals surface area contributed by atoms with Crippen molar-refractivity contribution >= 4 is 17.8 Å². The minimum absolute atomic E-state index is 0.144. The van der Waals surface area contributed by atoms with E-state index in [4.69, 9.17) is 4.74 Å². The van der Waals surface area contributed by atoms with Crippen molar-refractivity contribution in [3.63, 3.8) is 0 Å². The fourth-order valence-electron chi connectivity index (χ4n) is 6.53. The molecule has 6 nitrogen and oxygen atoms in total. The van der Waals surface area contributed by atoms with Crippen LogP contribution in [-0.4, -0.2) is 51.0 Å². The predicted molar refractivity (Wildman–Crippen MR) is 133 cm³/mol. The zero-order valence-corrected chi connectivity index (χ0v) is 21.3. The van der Waals surface area contributed by atoms with Crippen molar-refractivity contribution in [2.24, 2.45) is 28.1 Å². The summed E-state index contributed by atoms with van der Waals surface area (Å²) >= 11 is 0. The molecule has 8 atom stereocenters. The molecule has 0 saturated heterocycles. The molecular weight excluding hydrogens is 444 g/mol. The molecule has 0 aliphatic heterocycles. The van der Waals surface area contributed by atoms with E-state index in [-0.39, 0.29) is 18.1 Å². The second kappa shape index (κ2) is 8.68. The van der Waals surface area contributed by atoms with Gasteiger partial charge in [0.15, 0.2) is 11.4 Å². The lowest BCUT2D eigenvalue weighted by Crippen LogP contribution is -2.70. The van der Waals surface area contributed by atoms with Gasteiger partial charge in [-0.2, -0.15) is 0 Å². The van der Waals surface area contributed by atoms with Gasteiger partial charge >= 0.3 is 5.97 Å². The number of aliphatic hydroxyl groups excluding tert-OH is 3. The average Bonchev–Trinajstić information content (AvgIpc) is 3.07. The monoisotopic (exact) mass is 482 g/mol. The Labute approximate surface area is 207 Å². The Bertz CT molecular complexity index is 1040. The maximum absolute atomic E-state index is 14.5. The molecule has 4 rings (SSSR count). The molecule has 0 bridgehead atoms.